The van der Waals surface area contributed by atoms with Crippen LogP contribution in [0, 0.1) is 0 Å². The van der Waals surface area contributed by atoms with E-state index in [1.165, 1.54) is 7.05 Å². The first kappa shape index (κ1) is 11.0. The SMILES string of the molecule is CNC(=O)N1CC(=O)N(CC(N)=O)C1=O. The number of hydrogen-bond donors (Lipinski definition) is 2. The van der Waals surface area contributed by atoms with Crippen LogP contribution in [0.4, 0.5) is 9.59 Å². The van der Waals surface area contributed by atoms with Gasteiger partial charge in [0.2, 0.25) is 5.91 Å². The smallest absolute Gasteiger partial charge is 0.335 e. The van der Waals surface area contributed by atoms with Gasteiger partial charge in [-0.3, -0.25) is 14.5 Å². The van der Waals surface area contributed by atoms with Crippen molar-refractivity contribution in [2.75, 3.05) is 20.1 Å². The summed E-state index contributed by atoms with van der Waals surface area (Å²) >= 11 is 0. The van der Waals surface area contributed by atoms with E-state index in [2.05, 4.69) is 5.32 Å². The first-order chi connectivity index (χ1) is 6.97. The lowest BCUT2D eigenvalue weighted by Crippen LogP contribution is -2.43. The van der Waals surface area contributed by atoms with Crippen LogP contribution in [0.2, 0.25) is 0 Å². The second-order valence-electron chi connectivity index (χ2n) is 2.87. The van der Waals surface area contributed by atoms with Gasteiger partial charge in [0.05, 0.1) is 0 Å². The Morgan fingerprint density at radius 3 is 2.53 bits per heavy atom. The van der Waals surface area contributed by atoms with Crippen molar-refractivity contribution in [2.45, 2.75) is 0 Å². The molecule has 1 aliphatic heterocycles. The van der Waals surface area contributed by atoms with E-state index in [9.17, 15) is 19.2 Å². The van der Waals surface area contributed by atoms with Crippen molar-refractivity contribution in [3.63, 3.8) is 0 Å². The van der Waals surface area contributed by atoms with E-state index in [1.807, 2.05) is 0 Å². The molecule has 0 radical (unpaired) electrons. The number of urea groups is 2. The van der Waals surface area contributed by atoms with Gasteiger partial charge in [0.1, 0.15) is 13.1 Å². The highest BCUT2D eigenvalue weighted by atomic mass is 16.2. The largest absolute Gasteiger partial charge is 0.368 e. The van der Waals surface area contributed by atoms with Gasteiger partial charge in [-0.2, -0.15) is 0 Å². The summed E-state index contributed by atoms with van der Waals surface area (Å²) < 4.78 is 0. The lowest BCUT2D eigenvalue weighted by atomic mass is 10.5. The molecule has 0 bridgehead atoms. The maximum atomic E-state index is 11.4. The number of rotatable bonds is 2. The average Bonchev–Trinajstić information content (AvgIpc) is 2.44. The average molecular weight is 214 g/mol. The van der Waals surface area contributed by atoms with Gasteiger partial charge in [-0.15, -0.1) is 0 Å². The van der Waals surface area contributed by atoms with E-state index in [4.69, 9.17) is 5.73 Å². The monoisotopic (exact) mass is 214 g/mol. The maximum absolute atomic E-state index is 11.4. The molecule has 0 unspecified atom stereocenters. The van der Waals surface area contributed by atoms with Crippen LogP contribution in [0.5, 0.6) is 0 Å². The van der Waals surface area contributed by atoms with Crippen molar-refractivity contribution in [1.82, 2.24) is 15.1 Å². The minimum Gasteiger partial charge on any atom is -0.368 e. The van der Waals surface area contributed by atoms with E-state index in [0.717, 1.165) is 0 Å². The highest BCUT2D eigenvalue weighted by Gasteiger charge is 2.39. The predicted octanol–water partition coefficient (Wildman–Crippen LogP) is -1.92. The molecule has 1 rings (SSSR count). The van der Waals surface area contributed by atoms with E-state index in [-0.39, 0.29) is 6.54 Å². The number of carbonyl (C=O) groups is 4. The van der Waals surface area contributed by atoms with E-state index in [1.54, 1.807) is 0 Å². The van der Waals surface area contributed by atoms with Crippen molar-refractivity contribution < 1.29 is 19.2 Å². The summed E-state index contributed by atoms with van der Waals surface area (Å²) in [5.74, 6) is -1.43. The number of primary amides is 1. The molecule has 15 heavy (non-hydrogen) atoms. The number of hydrogen-bond acceptors (Lipinski definition) is 4. The van der Waals surface area contributed by atoms with Gasteiger partial charge in [0.15, 0.2) is 0 Å². The Balaban J connectivity index is 2.79. The molecule has 0 saturated carbocycles. The van der Waals surface area contributed by atoms with Crippen LogP contribution in [0.3, 0.4) is 0 Å². The molecule has 82 valence electrons. The van der Waals surface area contributed by atoms with Gasteiger partial charge in [0.25, 0.3) is 5.91 Å². The summed E-state index contributed by atoms with van der Waals surface area (Å²) in [6, 6.07) is -1.53. The van der Waals surface area contributed by atoms with Crippen LogP contribution >= 0.6 is 0 Å². The first-order valence-corrected chi connectivity index (χ1v) is 4.09. The number of carbonyl (C=O) groups excluding carboxylic acids is 4. The molecule has 1 saturated heterocycles. The molecule has 0 aromatic rings. The Labute approximate surface area is 85.0 Å². The van der Waals surface area contributed by atoms with Crippen LogP contribution in [0.25, 0.3) is 0 Å². The van der Waals surface area contributed by atoms with Gasteiger partial charge < -0.3 is 11.1 Å². The summed E-state index contributed by atoms with van der Waals surface area (Å²) in [5, 5.41) is 2.20. The zero-order valence-corrected chi connectivity index (χ0v) is 8.02. The van der Waals surface area contributed by atoms with Crippen LogP contribution in [0.15, 0.2) is 0 Å². The van der Waals surface area contributed by atoms with Crippen molar-refractivity contribution in [2.24, 2.45) is 5.73 Å². The summed E-state index contributed by atoms with van der Waals surface area (Å²) in [4.78, 5) is 45.6. The van der Waals surface area contributed by atoms with Crippen molar-refractivity contribution in [3.05, 3.63) is 0 Å². The maximum Gasteiger partial charge on any atom is 0.335 e. The third-order valence-corrected chi connectivity index (χ3v) is 1.83. The molecule has 6 amide bonds. The van der Waals surface area contributed by atoms with Crippen LogP contribution in [-0.2, 0) is 9.59 Å². The molecular weight excluding hydrogens is 204 g/mol. The van der Waals surface area contributed by atoms with Crippen molar-refractivity contribution in [1.29, 1.82) is 0 Å². The molecule has 1 heterocycles. The van der Waals surface area contributed by atoms with E-state index < -0.39 is 30.4 Å². The minimum atomic E-state index is -0.835. The molecule has 3 N–H and O–H groups in total. The number of imide groups is 2. The van der Waals surface area contributed by atoms with Gasteiger partial charge in [0, 0.05) is 7.05 Å². The second kappa shape index (κ2) is 3.95. The van der Waals surface area contributed by atoms with Crippen LogP contribution in [0.1, 0.15) is 0 Å². The Bertz CT molecular complexity index is 340. The molecule has 0 aliphatic carbocycles. The van der Waals surface area contributed by atoms with Crippen molar-refractivity contribution >= 4 is 23.9 Å². The quantitative estimate of drug-likeness (QED) is 0.521. The molecule has 0 spiro atoms. The number of nitrogens with zero attached hydrogens (tertiary/aromatic N) is 2. The molecule has 0 aromatic carbocycles. The lowest BCUT2D eigenvalue weighted by molar-refractivity contribution is -0.129. The number of amides is 6. The van der Waals surface area contributed by atoms with E-state index >= 15 is 0 Å². The molecule has 1 aliphatic rings. The first-order valence-electron chi connectivity index (χ1n) is 4.09. The fraction of sp³-hybridized carbons (Fsp3) is 0.429. The van der Waals surface area contributed by atoms with Gasteiger partial charge in [-0.1, -0.05) is 0 Å². The molecular formula is C7H10N4O4. The van der Waals surface area contributed by atoms with Crippen molar-refractivity contribution in [3.8, 4) is 0 Å². The lowest BCUT2D eigenvalue weighted by Gasteiger charge is -2.13. The standard InChI is InChI=1S/C7H10N4O4/c1-9-6(14)11-3-5(13)10(7(11)15)2-4(8)12/h2-3H2,1H3,(H2,8,12)(H,9,14). The minimum absolute atomic E-state index is 0.369. The molecule has 0 aromatic heterocycles. The molecule has 8 nitrogen and oxygen atoms in total. The van der Waals surface area contributed by atoms with Crippen LogP contribution in [-0.4, -0.2) is 53.8 Å². The Morgan fingerprint density at radius 1 is 1.47 bits per heavy atom. The normalized spacial score (nSPS) is 15.8. The molecule has 0 atom stereocenters. The summed E-state index contributed by atoms with van der Waals surface area (Å²) in [5.41, 5.74) is 4.85. The Morgan fingerprint density at radius 2 is 2.07 bits per heavy atom. The highest BCUT2D eigenvalue weighted by Crippen LogP contribution is 2.09. The number of nitrogens with one attached hydrogen (secondary N) is 1. The zero-order valence-electron chi connectivity index (χ0n) is 8.02. The fourth-order valence-corrected chi connectivity index (χ4v) is 1.15. The number of nitrogens with two attached hydrogens (primary N) is 1. The van der Waals surface area contributed by atoms with Gasteiger partial charge in [-0.05, 0) is 0 Å². The zero-order chi connectivity index (χ0) is 11.6. The van der Waals surface area contributed by atoms with Gasteiger partial charge >= 0.3 is 12.1 Å². The molecule has 1 fully saturated rings. The molecule has 8 heteroatoms. The Kier molecular flexibility index (Phi) is 2.88. The van der Waals surface area contributed by atoms with Gasteiger partial charge in [-0.25, -0.2) is 14.5 Å². The Hall–Kier alpha value is -2.12. The third-order valence-electron chi connectivity index (χ3n) is 1.83. The summed E-state index contributed by atoms with van der Waals surface area (Å²) in [7, 11) is 1.33. The summed E-state index contributed by atoms with van der Waals surface area (Å²) in [6.45, 7) is -0.878. The topological polar surface area (TPSA) is 113 Å². The fourth-order valence-electron chi connectivity index (χ4n) is 1.15. The third kappa shape index (κ3) is 2.03. The predicted molar refractivity (Wildman–Crippen MR) is 47.5 cm³/mol. The second-order valence-corrected chi connectivity index (χ2v) is 2.87. The summed E-state index contributed by atoms with van der Waals surface area (Å²) in [6.07, 6.45) is 0. The van der Waals surface area contributed by atoms with E-state index in [0.29, 0.717) is 9.80 Å². The van der Waals surface area contributed by atoms with Crippen LogP contribution < -0.4 is 11.1 Å². The highest BCUT2D eigenvalue weighted by molar-refractivity contribution is 6.11.